The summed E-state index contributed by atoms with van der Waals surface area (Å²) >= 11 is 1.72. The Morgan fingerprint density at radius 1 is 1.21 bits per heavy atom. The van der Waals surface area contributed by atoms with Crippen LogP contribution >= 0.6 is 11.3 Å². The summed E-state index contributed by atoms with van der Waals surface area (Å²) in [6.45, 7) is 9.83. The van der Waals surface area contributed by atoms with E-state index in [1.165, 1.54) is 5.56 Å². The predicted octanol–water partition coefficient (Wildman–Crippen LogP) is 4.33. The highest BCUT2D eigenvalue weighted by molar-refractivity contribution is 7.09. The Balaban J connectivity index is 1.99. The van der Waals surface area contributed by atoms with Gasteiger partial charge in [-0.05, 0) is 12.3 Å². The molecule has 1 aromatic carbocycles. The largest absolute Gasteiger partial charge is 0.307 e. The van der Waals surface area contributed by atoms with Gasteiger partial charge in [0, 0.05) is 23.5 Å². The van der Waals surface area contributed by atoms with Crippen molar-refractivity contribution >= 4 is 11.3 Å². The van der Waals surface area contributed by atoms with Crippen LogP contribution in [0.15, 0.2) is 35.7 Å². The second kappa shape index (κ2) is 5.85. The van der Waals surface area contributed by atoms with Gasteiger partial charge in [0.05, 0.1) is 5.69 Å². The lowest BCUT2D eigenvalue weighted by Crippen LogP contribution is -2.37. The first kappa shape index (κ1) is 14.2. The smallest absolute Gasteiger partial charge is 0.107 e. The second-order valence-electron chi connectivity index (χ2n) is 5.96. The molecular weight excluding hydrogens is 252 g/mol. The van der Waals surface area contributed by atoms with Crippen LogP contribution in [0.5, 0.6) is 0 Å². The Morgan fingerprint density at radius 3 is 2.53 bits per heavy atom. The van der Waals surface area contributed by atoms with Crippen molar-refractivity contribution < 1.29 is 0 Å². The van der Waals surface area contributed by atoms with E-state index in [1.807, 2.05) is 18.2 Å². The number of nitrogens with one attached hydrogen (secondary N) is 1. The van der Waals surface area contributed by atoms with Crippen LogP contribution in [-0.4, -0.2) is 11.0 Å². The first-order valence-electron chi connectivity index (χ1n) is 6.70. The number of thiazole rings is 1. The highest BCUT2D eigenvalue weighted by Gasteiger charge is 2.19. The summed E-state index contributed by atoms with van der Waals surface area (Å²) in [5, 5.41) is 6.83. The number of aromatic nitrogens is 1. The summed E-state index contributed by atoms with van der Waals surface area (Å²) in [6.07, 6.45) is 0. The molecule has 0 spiro atoms. The zero-order valence-electron chi connectivity index (χ0n) is 12.1. The molecule has 1 atom stereocenters. The SMILES string of the molecule is CC(NCc1nc(-c2ccccc2)cs1)C(C)(C)C. The molecule has 1 heterocycles. The topological polar surface area (TPSA) is 24.9 Å². The summed E-state index contributed by atoms with van der Waals surface area (Å²) in [4.78, 5) is 4.69. The van der Waals surface area contributed by atoms with Crippen LogP contribution in [0.3, 0.4) is 0 Å². The fourth-order valence-corrected chi connectivity index (χ4v) is 2.43. The van der Waals surface area contributed by atoms with Crippen molar-refractivity contribution in [1.82, 2.24) is 10.3 Å². The first-order chi connectivity index (χ1) is 8.97. The summed E-state index contributed by atoms with van der Waals surface area (Å²) < 4.78 is 0. The summed E-state index contributed by atoms with van der Waals surface area (Å²) in [6, 6.07) is 10.8. The lowest BCUT2D eigenvalue weighted by molar-refractivity contribution is 0.285. The van der Waals surface area contributed by atoms with Gasteiger partial charge in [-0.1, -0.05) is 51.1 Å². The molecule has 102 valence electrons. The molecule has 0 aliphatic heterocycles. The molecular formula is C16H22N2S. The Labute approximate surface area is 119 Å². The third-order valence-corrected chi connectivity index (χ3v) is 4.33. The highest BCUT2D eigenvalue weighted by Crippen LogP contribution is 2.23. The zero-order chi connectivity index (χ0) is 13.9. The molecule has 2 rings (SSSR count). The van der Waals surface area contributed by atoms with Gasteiger partial charge < -0.3 is 5.32 Å². The molecule has 0 radical (unpaired) electrons. The number of rotatable bonds is 4. The molecule has 1 aromatic heterocycles. The number of benzene rings is 1. The molecule has 0 aliphatic rings. The van der Waals surface area contributed by atoms with Gasteiger partial charge in [-0.15, -0.1) is 11.3 Å². The molecule has 0 amide bonds. The fraction of sp³-hybridized carbons (Fsp3) is 0.438. The molecule has 2 aromatic rings. The highest BCUT2D eigenvalue weighted by atomic mass is 32.1. The van der Waals surface area contributed by atoms with E-state index in [2.05, 4.69) is 50.5 Å². The number of nitrogens with zero attached hydrogens (tertiary/aromatic N) is 1. The molecule has 0 aliphatic carbocycles. The fourth-order valence-electron chi connectivity index (χ4n) is 1.68. The minimum atomic E-state index is 0.277. The molecule has 0 saturated heterocycles. The molecule has 0 fully saturated rings. The third kappa shape index (κ3) is 3.88. The van der Waals surface area contributed by atoms with Gasteiger partial charge in [0.1, 0.15) is 5.01 Å². The van der Waals surface area contributed by atoms with Gasteiger partial charge in [0.25, 0.3) is 0 Å². The van der Waals surface area contributed by atoms with Gasteiger partial charge in [0.15, 0.2) is 0 Å². The van der Waals surface area contributed by atoms with E-state index in [0.29, 0.717) is 6.04 Å². The zero-order valence-corrected chi connectivity index (χ0v) is 12.9. The van der Waals surface area contributed by atoms with Crippen LogP contribution in [0.1, 0.15) is 32.7 Å². The number of hydrogen-bond donors (Lipinski definition) is 1. The van der Waals surface area contributed by atoms with Gasteiger partial charge >= 0.3 is 0 Å². The van der Waals surface area contributed by atoms with Crippen molar-refractivity contribution in [2.45, 2.75) is 40.3 Å². The Kier molecular flexibility index (Phi) is 4.38. The standard InChI is InChI=1S/C16H22N2S/c1-12(16(2,3)4)17-10-15-18-14(11-19-15)13-8-6-5-7-9-13/h5-9,11-12,17H,10H2,1-4H3. The van der Waals surface area contributed by atoms with Crippen LogP contribution in [0.25, 0.3) is 11.3 Å². The first-order valence-corrected chi connectivity index (χ1v) is 7.58. The molecule has 1 unspecified atom stereocenters. The molecule has 19 heavy (non-hydrogen) atoms. The maximum atomic E-state index is 4.69. The van der Waals surface area contributed by atoms with E-state index in [-0.39, 0.29) is 5.41 Å². The van der Waals surface area contributed by atoms with Crippen LogP contribution < -0.4 is 5.32 Å². The summed E-state index contributed by atoms with van der Waals surface area (Å²) in [5.74, 6) is 0. The Hall–Kier alpha value is -1.19. The van der Waals surface area contributed by atoms with Gasteiger partial charge in [-0.3, -0.25) is 0 Å². The minimum Gasteiger partial charge on any atom is -0.307 e. The second-order valence-corrected chi connectivity index (χ2v) is 6.90. The van der Waals surface area contributed by atoms with Crippen LogP contribution in [-0.2, 0) is 6.54 Å². The van der Waals surface area contributed by atoms with Crippen molar-refractivity contribution in [3.05, 3.63) is 40.7 Å². The maximum absolute atomic E-state index is 4.69. The van der Waals surface area contributed by atoms with Gasteiger partial charge in [0.2, 0.25) is 0 Å². The summed E-state index contributed by atoms with van der Waals surface area (Å²) in [5.41, 5.74) is 2.54. The quantitative estimate of drug-likeness (QED) is 0.897. The minimum absolute atomic E-state index is 0.277. The van der Waals surface area contributed by atoms with E-state index in [0.717, 1.165) is 17.2 Å². The van der Waals surface area contributed by atoms with Crippen molar-refractivity contribution in [2.24, 2.45) is 5.41 Å². The van der Waals surface area contributed by atoms with E-state index in [1.54, 1.807) is 11.3 Å². The Bertz CT molecular complexity index is 511. The van der Waals surface area contributed by atoms with Gasteiger partial charge in [-0.2, -0.15) is 0 Å². The van der Waals surface area contributed by atoms with Crippen molar-refractivity contribution in [3.8, 4) is 11.3 Å². The normalized spacial score (nSPS) is 13.5. The van der Waals surface area contributed by atoms with Crippen LogP contribution in [0.2, 0.25) is 0 Å². The van der Waals surface area contributed by atoms with E-state index in [4.69, 9.17) is 4.98 Å². The van der Waals surface area contributed by atoms with Crippen molar-refractivity contribution in [3.63, 3.8) is 0 Å². The summed E-state index contributed by atoms with van der Waals surface area (Å²) in [7, 11) is 0. The average molecular weight is 274 g/mol. The lowest BCUT2D eigenvalue weighted by Gasteiger charge is -2.27. The van der Waals surface area contributed by atoms with Crippen LogP contribution in [0, 0.1) is 5.41 Å². The van der Waals surface area contributed by atoms with E-state index in [9.17, 15) is 0 Å². The number of hydrogen-bond acceptors (Lipinski definition) is 3. The molecule has 0 saturated carbocycles. The monoisotopic (exact) mass is 274 g/mol. The molecule has 2 nitrogen and oxygen atoms in total. The van der Waals surface area contributed by atoms with Crippen LogP contribution in [0.4, 0.5) is 0 Å². The van der Waals surface area contributed by atoms with E-state index < -0.39 is 0 Å². The van der Waals surface area contributed by atoms with Crippen molar-refractivity contribution in [2.75, 3.05) is 0 Å². The van der Waals surface area contributed by atoms with Gasteiger partial charge in [-0.25, -0.2) is 4.98 Å². The molecule has 3 heteroatoms. The predicted molar refractivity (Wildman–Crippen MR) is 83.3 cm³/mol. The molecule has 1 N–H and O–H groups in total. The third-order valence-electron chi connectivity index (χ3n) is 3.48. The average Bonchev–Trinajstić information content (AvgIpc) is 2.84. The molecule has 0 bridgehead atoms. The van der Waals surface area contributed by atoms with E-state index >= 15 is 0 Å². The lowest BCUT2D eigenvalue weighted by atomic mass is 9.88. The van der Waals surface area contributed by atoms with Crippen molar-refractivity contribution in [1.29, 1.82) is 0 Å². The maximum Gasteiger partial charge on any atom is 0.107 e. The Morgan fingerprint density at radius 2 is 1.89 bits per heavy atom.